The quantitative estimate of drug-likeness (QED) is 0.359. The Labute approximate surface area is 118 Å². The van der Waals surface area contributed by atoms with E-state index >= 15 is 0 Å². The molecular formula is C13H19N3O3S. The average molecular weight is 297 g/mol. The first-order valence-corrected chi connectivity index (χ1v) is 8.29. The van der Waals surface area contributed by atoms with Crippen LogP contribution in [0.1, 0.15) is 11.5 Å². The molecule has 1 aromatic rings. The van der Waals surface area contributed by atoms with Crippen LogP contribution in [0, 0.1) is 0 Å². The van der Waals surface area contributed by atoms with Crippen LogP contribution in [0.4, 0.5) is 0 Å². The standard InChI is InChI=1S/C13H19N3O3S/c14-13(15-17)12(11-4-2-1-3-5-11)10-16-6-8-20(18,19)9-7-16/h1-5,12,17H,6-10H2,(H2,14,15). The molecule has 1 unspecified atom stereocenters. The molecule has 0 aromatic heterocycles. The minimum Gasteiger partial charge on any atom is -0.409 e. The Balaban J connectivity index is 2.10. The Morgan fingerprint density at radius 3 is 2.45 bits per heavy atom. The lowest BCUT2D eigenvalue weighted by molar-refractivity contribution is 0.284. The Morgan fingerprint density at radius 2 is 1.90 bits per heavy atom. The van der Waals surface area contributed by atoms with Crippen molar-refractivity contribution >= 4 is 15.7 Å². The first-order chi connectivity index (χ1) is 9.52. The average Bonchev–Trinajstić information content (AvgIpc) is 2.46. The van der Waals surface area contributed by atoms with Crippen LogP contribution >= 0.6 is 0 Å². The maximum Gasteiger partial charge on any atom is 0.152 e. The summed E-state index contributed by atoms with van der Waals surface area (Å²) in [6, 6.07) is 9.54. The predicted molar refractivity (Wildman–Crippen MR) is 77.7 cm³/mol. The van der Waals surface area contributed by atoms with Gasteiger partial charge in [-0.15, -0.1) is 0 Å². The zero-order chi connectivity index (χ0) is 14.6. The van der Waals surface area contributed by atoms with E-state index in [9.17, 15) is 8.42 Å². The van der Waals surface area contributed by atoms with Crippen molar-refractivity contribution in [1.82, 2.24) is 4.90 Å². The molecule has 1 fully saturated rings. The largest absolute Gasteiger partial charge is 0.409 e. The summed E-state index contributed by atoms with van der Waals surface area (Å²) < 4.78 is 22.9. The number of oxime groups is 1. The molecule has 1 aromatic carbocycles. The van der Waals surface area contributed by atoms with E-state index in [-0.39, 0.29) is 23.3 Å². The van der Waals surface area contributed by atoms with Crippen LogP contribution in [0.25, 0.3) is 0 Å². The maximum atomic E-state index is 11.4. The van der Waals surface area contributed by atoms with Crippen molar-refractivity contribution in [2.75, 3.05) is 31.1 Å². The molecule has 1 saturated heterocycles. The van der Waals surface area contributed by atoms with Crippen LogP contribution < -0.4 is 5.73 Å². The third-order valence-electron chi connectivity index (χ3n) is 3.55. The lowest BCUT2D eigenvalue weighted by Gasteiger charge is -2.30. The van der Waals surface area contributed by atoms with Gasteiger partial charge in [0.2, 0.25) is 0 Å². The SMILES string of the molecule is NC(=NO)C(CN1CCS(=O)(=O)CC1)c1ccccc1. The number of hydrogen-bond donors (Lipinski definition) is 2. The van der Waals surface area contributed by atoms with Gasteiger partial charge in [-0.25, -0.2) is 8.42 Å². The molecule has 1 aliphatic rings. The molecular weight excluding hydrogens is 278 g/mol. The second-order valence-corrected chi connectivity index (χ2v) is 7.24. The molecule has 0 bridgehead atoms. The molecule has 0 saturated carbocycles. The Bertz CT molecular complexity index is 558. The number of benzene rings is 1. The molecule has 0 radical (unpaired) electrons. The van der Waals surface area contributed by atoms with Crippen molar-refractivity contribution in [1.29, 1.82) is 0 Å². The molecule has 20 heavy (non-hydrogen) atoms. The first kappa shape index (κ1) is 14.8. The summed E-state index contributed by atoms with van der Waals surface area (Å²) >= 11 is 0. The van der Waals surface area contributed by atoms with Crippen molar-refractivity contribution in [3.8, 4) is 0 Å². The van der Waals surface area contributed by atoms with Gasteiger partial charge in [-0.3, -0.25) is 0 Å². The highest BCUT2D eigenvalue weighted by molar-refractivity contribution is 7.91. The van der Waals surface area contributed by atoms with Crippen molar-refractivity contribution in [3.63, 3.8) is 0 Å². The number of hydrogen-bond acceptors (Lipinski definition) is 5. The molecule has 0 amide bonds. The van der Waals surface area contributed by atoms with Crippen LogP contribution in [-0.2, 0) is 9.84 Å². The zero-order valence-electron chi connectivity index (χ0n) is 11.1. The summed E-state index contributed by atoms with van der Waals surface area (Å²) in [5.41, 5.74) is 6.73. The van der Waals surface area contributed by atoms with Gasteiger partial charge in [0, 0.05) is 19.6 Å². The lowest BCUT2D eigenvalue weighted by atomic mass is 9.97. The highest BCUT2D eigenvalue weighted by Gasteiger charge is 2.26. The van der Waals surface area contributed by atoms with Gasteiger partial charge in [-0.1, -0.05) is 35.5 Å². The van der Waals surface area contributed by atoms with Gasteiger partial charge in [0.05, 0.1) is 17.4 Å². The third kappa shape index (κ3) is 3.71. The van der Waals surface area contributed by atoms with E-state index in [1.54, 1.807) is 0 Å². The Morgan fingerprint density at radius 1 is 1.30 bits per heavy atom. The predicted octanol–water partition coefficient (Wildman–Crippen LogP) is 0.247. The molecule has 7 heteroatoms. The van der Waals surface area contributed by atoms with Crippen LogP contribution in [0.5, 0.6) is 0 Å². The smallest absolute Gasteiger partial charge is 0.152 e. The van der Waals surface area contributed by atoms with Gasteiger partial charge in [-0.2, -0.15) is 0 Å². The van der Waals surface area contributed by atoms with Gasteiger partial charge in [0.25, 0.3) is 0 Å². The van der Waals surface area contributed by atoms with Gasteiger partial charge in [0.1, 0.15) is 5.84 Å². The number of rotatable bonds is 4. The molecule has 1 aliphatic heterocycles. The van der Waals surface area contributed by atoms with Crippen molar-refractivity contribution in [2.24, 2.45) is 10.9 Å². The van der Waals surface area contributed by atoms with Gasteiger partial charge in [0.15, 0.2) is 9.84 Å². The molecule has 0 aliphatic carbocycles. The topological polar surface area (TPSA) is 96.0 Å². The van der Waals surface area contributed by atoms with Gasteiger partial charge >= 0.3 is 0 Å². The summed E-state index contributed by atoms with van der Waals surface area (Å²) in [5, 5.41) is 12.0. The second kappa shape index (κ2) is 6.23. The van der Waals surface area contributed by atoms with E-state index in [1.807, 2.05) is 35.2 Å². The lowest BCUT2D eigenvalue weighted by Crippen LogP contribution is -2.44. The molecule has 1 atom stereocenters. The third-order valence-corrected chi connectivity index (χ3v) is 5.16. The van der Waals surface area contributed by atoms with E-state index in [2.05, 4.69) is 5.16 Å². The Kier molecular flexibility index (Phi) is 4.61. The summed E-state index contributed by atoms with van der Waals surface area (Å²) in [6.45, 7) is 1.53. The fraction of sp³-hybridized carbons (Fsp3) is 0.462. The molecule has 3 N–H and O–H groups in total. The highest BCUT2D eigenvalue weighted by Crippen LogP contribution is 2.18. The van der Waals surface area contributed by atoms with Crippen molar-refractivity contribution in [3.05, 3.63) is 35.9 Å². The minimum absolute atomic E-state index is 0.143. The molecule has 0 spiro atoms. The van der Waals surface area contributed by atoms with Crippen LogP contribution in [-0.4, -0.2) is 55.5 Å². The molecule has 1 heterocycles. The van der Waals surface area contributed by atoms with Crippen LogP contribution in [0.3, 0.4) is 0 Å². The monoisotopic (exact) mass is 297 g/mol. The summed E-state index contributed by atoms with van der Waals surface area (Å²) in [7, 11) is -2.89. The van der Waals surface area contributed by atoms with Crippen LogP contribution in [0.2, 0.25) is 0 Å². The normalized spacial score (nSPS) is 21.5. The van der Waals surface area contributed by atoms with E-state index in [0.717, 1.165) is 5.56 Å². The number of amidine groups is 1. The Hall–Kier alpha value is -1.60. The highest BCUT2D eigenvalue weighted by atomic mass is 32.2. The number of nitrogens with zero attached hydrogens (tertiary/aromatic N) is 2. The first-order valence-electron chi connectivity index (χ1n) is 6.47. The van der Waals surface area contributed by atoms with E-state index < -0.39 is 9.84 Å². The van der Waals surface area contributed by atoms with Crippen molar-refractivity contribution in [2.45, 2.75) is 5.92 Å². The van der Waals surface area contributed by atoms with E-state index in [4.69, 9.17) is 10.9 Å². The zero-order valence-corrected chi connectivity index (χ0v) is 12.0. The van der Waals surface area contributed by atoms with Crippen molar-refractivity contribution < 1.29 is 13.6 Å². The fourth-order valence-corrected chi connectivity index (χ4v) is 3.59. The molecule has 6 nitrogen and oxygen atoms in total. The van der Waals surface area contributed by atoms with E-state index in [0.29, 0.717) is 19.6 Å². The summed E-state index contributed by atoms with van der Waals surface area (Å²) in [6.07, 6.45) is 0. The molecule has 2 rings (SSSR count). The summed E-state index contributed by atoms with van der Waals surface area (Å²) in [5.74, 6) is 0.252. The van der Waals surface area contributed by atoms with Gasteiger partial charge < -0.3 is 15.8 Å². The summed E-state index contributed by atoms with van der Waals surface area (Å²) in [4.78, 5) is 2.04. The number of sulfone groups is 1. The second-order valence-electron chi connectivity index (χ2n) is 4.94. The number of nitrogens with two attached hydrogens (primary N) is 1. The minimum atomic E-state index is -2.89. The van der Waals surface area contributed by atoms with E-state index in [1.165, 1.54) is 0 Å². The molecule has 110 valence electrons. The van der Waals surface area contributed by atoms with Gasteiger partial charge in [-0.05, 0) is 5.56 Å². The van der Waals surface area contributed by atoms with Crippen LogP contribution in [0.15, 0.2) is 35.5 Å². The fourth-order valence-electron chi connectivity index (χ4n) is 2.32. The maximum absolute atomic E-state index is 11.4.